The number of alkyl halides is 1. The quantitative estimate of drug-likeness (QED) is 0.459. The van der Waals surface area contributed by atoms with Crippen LogP contribution in [0.4, 0.5) is 4.39 Å². The fourth-order valence-electron chi connectivity index (χ4n) is 1.70. The van der Waals surface area contributed by atoms with Crippen LogP contribution in [0.2, 0.25) is 0 Å². The predicted molar refractivity (Wildman–Crippen MR) is 85.8 cm³/mol. The summed E-state index contributed by atoms with van der Waals surface area (Å²) in [4.78, 5) is 22.1. The molecule has 1 heterocycles. The Morgan fingerprint density at radius 2 is 2.32 bits per heavy atom. The van der Waals surface area contributed by atoms with Crippen LogP contribution in [0.1, 0.15) is 17.5 Å². The predicted octanol–water partition coefficient (Wildman–Crippen LogP) is 2.12. The maximum absolute atomic E-state index is 13.2. The van der Waals surface area contributed by atoms with Gasteiger partial charge < -0.3 is 10.4 Å². The van der Waals surface area contributed by atoms with Gasteiger partial charge in [0.25, 0.3) is 0 Å². The Kier molecular flexibility index (Phi) is 5.67. The van der Waals surface area contributed by atoms with E-state index in [4.69, 9.17) is 5.11 Å². The summed E-state index contributed by atoms with van der Waals surface area (Å²) in [5, 5.41) is 18.8. The number of rotatable bonds is 5. The summed E-state index contributed by atoms with van der Waals surface area (Å²) in [6.45, 7) is 0. The third kappa shape index (κ3) is 4.38. The first-order valence-electron chi connectivity index (χ1n) is 6.14. The molecule has 0 aromatic heterocycles. The summed E-state index contributed by atoms with van der Waals surface area (Å²) in [5.41, 5.74) is 1.41. The lowest BCUT2D eigenvalue weighted by Gasteiger charge is -2.00. The summed E-state index contributed by atoms with van der Waals surface area (Å²) >= 11 is 4.30. The molecule has 1 atom stereocenters. The van der Waals surface area contributed by atoms with Crippen LogP contribution in [0.15, 0.2) is 28.4 Å². The Hall–Kier alpha value is -1.74. The van der Waals surface area contributed by atoms with E-state index in [1.165, 1.54) is 18.3 Å². The van der Waals surface area contributed by atoms with Gasteiger partial charge in [-0.2, -0.15) is 5.10 Å². The molecule has 9 heteroatoms. The summed E-state index contributed by atoms with van der Waals surface area (Å²) in [7, 11) is 0. The van der Waals surface area contributed by atoms with Crippen LogP contribution in [-0.2, 0) is 14.9 Å². The molecule has 1 saturated heterocycles. The van der Waals surface area contributed by atoms with E-state index in [-0.39, 0.29) is 17.4 Å². The van der Waals surface area contributed by atoms with E-state index < -0.39 is 17.1 Å². The molecule has 2 N–H and O–H groups in total. The number of hydrogen-bond acceptors (Lipinski definition) is 5. The average Bonchev–Trinajstić information content (AvgIpc) is 2.78. The Labute approximate surface area is 138 Å². The Bertz CT molecular complexity index is 666. The topological polar surface area (TPSA) is 91.1 Å². The number of benzene rings is 1. The molecule has 1 amide bonds. The van der Waals surface area contributed by atoms with Crippen LogP contribution < -0.4 is 5.32 Å². The second-order valence-electron chi connectivity index (χ2n) is 4.32. The van der Waals surface area contributed by atoms with Gasteiger partial charge in [-0.05, 0) is 17.7 Å². The molecule has 0 saturated carbocycles. The number of amidine groups is 1. The molecule has 1 fully saturated rings. The van der Waals surface area contributed by atoms with Crippen molar-refractivity contribution in [1.29, 1.82) is 0 Å². The molecule has 1 aliphatic heterocycles. The molecule has 1 aliphatic rings. The van der Waals surface area contributed by atoms with E-state index in [1.807, 2.05) is 0 Å². The minimum atomic E-state index is -1.06. The number of hydrogen-bond donors (Lipinski definition) is 2. The van der Waals surface area contributed by atoms with Crippen molar-refractivity contribution in [3.8, 4) is 0 Å². The first-order valence-corrected chi connectivity index (χ1v) is 8.14. The molecule has 1 aromatic rings. The SMILES string of the molecule is O=C(O)CC1SC(=NN=Cc2cc(F)ccc2CBr)NC1=O. The van der Waals surface area contributed by atoms with E-state index in [0.29, 0.717) is 10.9 Å². The van der Waals surface area contributed by atoms with Crippen LogP contribution in [0, 0.1) is 5.82 Å². The molecule has 2 rings (SSSR count). The van der Waals surface area contributed by atoms with E-state index in [9.17, 15) is 14.0 Å². The molecule has 0 bridgehead atoms. The van der Waals surface area contributed by atoms with Gasteiger partial charge in [0.15, 0.2) is 5.17 Å². The van der Waals surface area contributed by atoms with Crippen molar-refractivity contribution in [2.45, 2.75) is 17.0 Å². The van der Waals surface area contributed by atoms with Gasteiger partial charge in [0.05, 0.1) is 12.6 Å². The smallest absolute Gasteiger partial charge is 0.305 e. The van der Waals surface area contributed by atoms with Gasteiger partial charge in [0.1, 0.15) is 11.1 Å². The molecule has 0 spiro atoms. The molecule has 1 unspecified atom stereocenters. The summed E-state index contributed by atoms with van der Waals surface area (Å²) in [6.07, 6.45) is 1.10. The monoisotopic (exact) mass is 387 g/mol. The number of carboxylic acid groups (broad SMARTS) is 1. The molecule has 22 heavy (non-hydrogen) atoms. The second-order valence-corrected chi connectivity index (χ2v) is 6.07. The zero-order valence-electron chi connectivity index (χ0n) is 11.1. The van der Waals surface area contributed by atoms with Crippen molar-refractivity contribution in [2.24, 2.45) is 10.2 Å². The highest BCUT2D eigenvalue weighted by atomic mass is 79.9. The molecule has 1 aromatic carbocycles. The number of carbonyl (C=O) groups is 2. The van der Waals surface area contributed by atoms with Crippen molar-refractivity contribution in [3.05, 3.63) is 35.1 Å². The van der Waals surface area contributed by atoms with E-state index in [0.717, 1.165) is 17.3 Å². The molecular weight excluding hydrogens is 377 g/mol. The second kappa shape index (κ2) is 7.50. The van der Waals surface area contributed by atoms with Gasteiger partial charge >= 0.3 is 5.97 Å². The number of carboxylic acids is 1. The van der Waals surface area contributed by atoms with Crippen molar-refractivity contribution >= 4 is 51.0 Å². The molecule has 116 valence electrons. The maximum atomic E-state index is 13.2. The van der Waals surface area contributed by atoms with Crippen molar-refractivity contribution < 1.29 is 19.1 Å². The number of halogens is 2. The van der Waals surface area contributed by atoms with E-state index >= 15 is 0 Å². The lowest BCUT2D eigenvalue weighted by Crippen LogP contribution is -2.26. The van der Waals surface area contributed by atoms with Crippen LogP contribution in [0.25, 0.3) is 0 Å². The van der Waals surface area contributed by atoms with Gasteiger partial charge in [-0.15, -0.1) is 5.10 Å². The van der Waals surface area contributed by atoms with Crippen LogP contribution in [0.5, 0.6) is 0 Å². The summed E-state index contributed by atoms with van der Waals surface area (Å²) in [6, 6.07) is 4.31. The van der Waals surface area contributed by atoms with Gasteiger partial charge in [-0.1, -0.05) is 33.8 Å². The number of amides is 1. The first kappa shape index (κ1) is 16.6. The molecular formula is C13H11BrFN3O3S. The van der Waals surface area contributed by atoms with E-state index in [1.54, 1.807) is 6.07 Å². The number of aliphatic carboxylic acids is 1. The summed E-state index contributed by atoms with van der Waals surface area (Å²) < 4.78 is 13.2. The lowest BCUT2D eigenvalue weighted by atomic mass is 10.1. The standard InChI is InChI=1S/C13H11BrFN3O3S/c14-5-7-1-2-9(15)3-8(7)6-16-18-13-17-12(21)10(22-13)4-11(19)20/h1-3,6,10H,4-5H2,(H,19,20)(H,17,18,21). The largest absolute Gasteiger partial charge is 0.481 e. The lowest BCUT2D eigenvalue weighted by molar-refractivity contribution is -0.138. The van der Waals surface area contributed by atoms with E-state index in [2.05, 4.69) is 31.4 Å². The number of thioether (sulfide) groups is 1. The number of nitrogens with zero attached hydrogens (tertiary/aromatic N) is 2. The zero-order chi connectivity index (χ0) is 16.1. The Morgan fingerprint density at radius 1 is 1.55 bits per heavy atom. The maximum Gasteiger partial charge on any atom is 0.305 e. The molecule has 6 nitrogen and oxygen atoms in total. The number of carbonyl (C=O) groups excluding carboxylic acids is 1. The van der Waals surface area contributed by atoms with Gasteiger partial charge in [-0.25, -0.2) is 4.39 Å². The fraction of sp³-hybridized carbons (Fsp3) is 0.231. The van der Waals surface area contributed by atoms with Gasteiger partial charge in [0.2, 0.25) is 5.91 Å². The van der Waals surface area contributed by atoms with Crippen LogP contribution >= 0.6 is 27.7 Å². The minimum Gasteiger partial charge on any atom is -0.481 e. The van der Waals surface area contributed by atoms with Crippen LogP contribution in [-0.4, -0.2) is 33.6 Å². The third-order valence-electron chi connectivity index (χ3n) is 2.73. The van der Waals surface area contributed by atoms with Crippen LogP contribution in [0.3, 0.4) is 0 Å². The highest BCUT2D eigenvalue weighted by Crippen LogP contribution is 2.22. The Morgan fingerprint density at radius 3 is 3.00 bits per heavy atom. The number of nitrogens with one attached hydrogen (secondary N) is 1. The van der Waals surface area contributed by atoms with Crippen molar-refractivity contribution in [2.75, 3.05) is 0 Å². The Balaban J connectivity index is 2.07. The zero-order valence-corrected chi connectivity index (χ0v) is 13.5. The highest BCUT2D eigenvalue weighted by Gasteiger charge is 2.32. The fourth-order valence-corrected chi connectivity index (χ4v) is 3.12. The molecule has 0 radical (unpaired) electrons. The van der Waals surface area contributed by atoms with Crippen molar-refractivity contribution in [3.63, 3.8) is 0 Å². The minimum absolute atomic E-state index is 0.226. The van der Waals surface area contributed by atoms with Gasteiger partial charge in [0, 0.05) is 10.9 Å². The first-order chi connectivity index (χ1) is 10.5. The van der Waals surface area contributed by atoms with Gasteiger partial charge in [-0.3, -0.25) is 9.59 Å². The highest BCUT2D eigenvalue weighted by molar-refractivity contribution is 9.08. The van der Waals surface area contributed by atoms with Crippen molar-refractivity contribution in [1.82, 2.24) is 5.32 Å². The average molecular weight is 388 g/mol. The third-order valence-corrected chi connectivity index (χ3v) is 4.41. The molecule has 0 aliphatic carbocycles. The summed E-state index contributed by atoms with van der Waals surface area (Å²) in [5.74, 6) is -1.85. The normalized spacial score (nSPS) is 19.8.